The average molecular weight is 339 g/mol. The Morgan fingerprint density at radius 3 is 2.61 bits per heavy atom. The van der Waals surface area contributed by atoms with Crippen molar-refractivity contribution in [3.05, 3.63) is 24.4 Å². The van der Waals surface area contributed by atoms with Crippen molar-refractivity contribution in [1.29, 1.82) is 0 Å². The van der Waals surface area contributed by atoms with Crippen molar-refractivity contribution in [3.63, 3.8) is 0 Å². The summed E-state index contributed by atoms with van der Waals surface area (Å²) in [5, 5.41) is 3.43. The highest BCUT2D eigenvalue weighted by molar-refractivity contribution is 5.85. The third-order valence-corrected chi connectivity index (χ3v) is 4.94. The standard InChI is InChI=1S/C17H26N4O.ClH/c1-17(2)7-5-9-19-15(17)16(22)21-12-10-20(11-13-21)14-6-3-4-8-18-14;/h3-4,6,8,15,19H,5,7,9-13H2,1-2H3;1H. The van der Waals surface area contributed by atoms with Crippen LogP contribution in [0.25, 0.3) is 0 Å². The molecule has 0 radical (unpaired) electrons. The van der Waals surface area contributed by atoms with Gasteiger partial charge in [-0.2, -0.15) is 0 Å². The lowest BCUT2D eigenvalue weighted by Gasteiger charge is -2.43. The van der Waals surface area contributed by atoms with Crippen LogP contribution in [0.15, 0.2) is 24.4 Å². The van der Waals surface area contributed by atoms with Gasteiger partial charge >= 0.3 is 0 Å². The minimum atomic E-state index is -0.0392. The molecule has 1 aromatic rings. The zero-order valence-corrected chi connectivity index (χ0v) is 14.8. The molecule has 5 nitrogen and oxygen atoms in total. The van der Waals surface area contributed by atoms with Gasteiger partial charge in [0.15, 0.2) is 0 Å². The summed E-state index contributed by atoms with van der Waals surface area (Å²) in [6, 6.07) is 5.93. The van der Waals surface area contributed by atoms with Crippen molar-refractivity contribution in [2.45, 2.75) is 32.7 Å². The molecule has 0 aromatic carbocycles. The Bertz CT molecular complexity index is 515. The third-order valence-electron chi connectivity index (χ3n) is 4.94. The maximum atomic E-state index is 12.8. The Balaban J connectivity index is 0.00000192. The van der Waals surface area contributed by atoms with Crippen LogP contribution >= 0.6 is 12.4 Å². The average Bonchev–Trinajstić information content (AvgIpc) is 2.55. The van der Waals surface area contributed by atoms with Crippen LogP contribution in [0.5, 0.6) is 0 Å². The van der Waals surface area contributed by atoms with Crippen molar-refractivity contribution in [3.8, 4) is 0 Å². The first-order valence-corrected chi connectivity index (χ1v) is 8.26. The Labute approximate surface area is 144 Å². The minimum Gasteiger partial charge on any atom is -0.353 e. The van der Waals surface area contributed by atoms with Gasteiger partial charge in [-0.05, 0) is 36.9 Å². The van der Waals surface area contributed by atoms with E-state index in [0.717, 1.165) is 51.4 Å². The molecule has 6 heteroatoms. The van der Waals surface area contributed by atoms with Crippen molar-refractivity contribution >= 4 is 24.1 Å². The van der Waals surface area contributed by atoms with Crippen LogP contribution in [0, 0.1) is 5.41 Å². The van der Waals surface area contributed by atoms with Gasteiger partial charge in [-0.25, -0.2) is 4.98 Å². The number of pyridine rings is 1. The number of nitrogens with one attached hydrogen (secondary N) is 1. The summed E-state index contributed by atoms with van der Waals surface area (Å²) in [5.74, 6) is 1.27. The van der Waals surface area contributed by atoms with Crippen LogP contribution in [0.2, 0.25) is 0 Å². The number of amides is 1. The first kappa shape index (κ1) is 18.0. The van der Waals surface area contributed by atoms with Crippen LogP contribution in [-0.2, 0) is 4.79 Å². The summed E-state index contributed by atoms with van der Waals surface area (Å²) >= 11 is 0. The summed E-state index contributed by atoms with van der Waals surface area (Å²) in [6.07, 6.45) is 4.09. The van der Waals surface area contributed by atoms with Crippen LogP contribution in [0.1, 0.15) is 26.7 Å². The second kappa shape index (κ2) is 7.49. The molecule has 1 aromatic heterocycles. The zero-order valence-electron chi connectivity index (χ0n) is 14.0. The van der Waals surface area contributed by atoms with Gasteiger partial charge in [0.05, 0.1) is 6.04 Å². The molecule has 2 fully saturated rings. The van der Waals surface area contributed by atoms with Gasteiger partial charge in [-0.15, -0.1) is 12.4 Å². The molecule has 2 aliphatic rings. The number of rotatable bonds is 2. The molecule has 1 amide bonds. The maximum absolute atomic E-state index is 12.8. The Kier molecular flexibility index (Phi) is 5.87. The van der Waals surface area contributed by atoms with Crippen molar-refractivity contribution in [2.75, 3.05) is 37.6 Å². The van der Waals surface area contributed by atoms with Crippen molar-refractivity contribution in [2.24, 2.45) is 5.41 Å². The number of nitrogens with zero attached hydrogens (tertiary/aromatic N) is 3. The van der Waals surface area contributed by atoms with E-state index in [1.165, 1.54) is 0 Å². The zero-order chi connectivity index (χ0) is 15.6. The van der Waals surface area contributed by atoms with Gasteiger partial charge in [0.1, 0.15) is 5.82 Å². The fourth-order valence-electron chi connectivity index (χ4n) is 3.51. The number of carbonyl (C=O) groups is 1. The highest BCUT2D eigenvalue weighted by Crippen LogP contribution is 2.31. The third kappa shape index (κ3) is 3.96. The van der Waals surface area contributed by atoms with Gasteiger partial charge in [0.2, 0.25) is 5.91 Å². The number of piperazine rings is 1. The molecule has 0 spiro atoms. The number of halogens is 1. The summed E-state index contributed by atoms with van der Waals surface area (Å²) in [5.41, 5.74) is 0.0491. The fourth-order valence-corrected chi connectivity index (χ4v) is 3.51. The van der Waals surface area contributed by atoms with E-state index in [2.05, 4.69) is 29.0 Å². The lowest BCUT2D eigenvalue weighted by atomic mass is 9.77. The molecule has 128 valence electrons. The molecule has 0 aliphatic carbocycles. The van der Waals surface area contributed by atoms with Crippen LogP contribution in [0.3, 0.4) is 0 Å². The number of hydrogen-bond acceptors (Lipinski definition) is 4. The van der Waals surface area contributed by atoms with E-state index in [-0.39, 0.29) is 29.8 Å². The molecule has 1 N–H and O–H groups in total. The number of carbonyl (C=O) groups excluding carboxylic acids is 1. The first-order chi connectivity index (χ1) is 10.6. The van der Waals surface area contributed by atoms with E-state index in [1.54, 1.807) is 0 Å². The van der Waals surface area contributed by atoms with Gasteiger partial charge in [0, 0.05) is 32.4 Å². The number of piperidine rings is 1. The molecule has 1 atom stereocenters. The second-order valence-corrected chi connectivity index (χ2v) is 6.98. The maximum Gasteiger partial charge on any atom is 0.240 e. The van der Waals surface area contributed by atoms with Crippen LogP contribution in [-0.4, -0.2) is 54.6 Å². The van der Waals surface area contributed by atoms with Crippen LogP contribution < -0.4 is 10.2 Å². The van der Waals surface area contributed by atoms with E-state index in [4.69, 9.17) is 0 Å². The molecule has 2 aliphatic heterocycles. The molecule has 3 heterocycles. The van der Waals surface area contributed by atoms with E-state index >= 15 is 0 Å². The largest absolute Gasteiger partial charge is 0.353 e. The van der Waals surface area contributed by atoms with Crippen molar-refractivity contribution in [1.82, 2.24) is 15.2 Å². The van der Waals surface area contributed by atoms with Gasteiger partial charge in [-0.3, -0.25) is 4.79 Å². The summed E-state index contributed by atoms with van der Waals surface area (Å²) < 4.78 is 0. The molecule has 1 unspecified atom stereocenters. The predicted octanol–water partition coefficient (Wildman–Crippen LogP) is 1.93. The van der Waals surface area contributed by atoms with Crippen molar-refractivity contribution < 1.29 is 4.79 Å². The molecule has 0 saturated carbocycles. The molecule has 23 heavy (non-hydrogen) atoms. The van der Waals surface area contributed by atoms with E-state index in [9.17, 15) is 4.79 Å². The smallest absolute Gasteiger partial charge is 0.240 e. The lowest BCUT2D eigenvalue weighted by molar-refractivity contribution is -0.137. The highest BCUT2D eigenvalue weighted by atomic mass is 35.5. The Hall–Kier alpha value is -1.33. The number of aromatic nitrogens is 1. The van der Waals surface area contributed by atoms with Gasteiger partial charge in [-0.1, -0.05) is 19.9 Å². The summed E-state index contributed by atoms with van der Waals surface area (Å²) in [4.78, 5) is 21.5. The Morgan fingerprint density at radius 1 is 1.26 bits per heavy atom. The predicted molar refractivity (Wildman–Crippen MR) is 95.1 cm³/mol. The quantitative estimate of drug-likeness (QED) is 0.895. The molecule has 3 rings (SSSR count). The second-order valence-electron chi connectivity index (χ2n) is 6.98. The minimum absolute atomic E-state index is 0. The number of anilines is 1. The molecular formula is C17H27ClN4O. The highest BCUT2D eigenvalue weighted by Gasteiger charge is 2.39. The monoisotopic (exact) mass is 338 g/mol. The topological polar surface area (TPSA) is 48.5 Å². The van der Waals surface area contributed by atoms with E-state index < -0.39 is 0 Å². The van der Waals surface area contributed by atoms with Crippen LogP contribution in [0.4, 0.5) is 5.82 Å². The first-order valence-electron chi connectivity index (χ1n) is 8.26. The molecule has 2 saturated heterocycles. The van der Waals surface area contributed by atoms with E-state index in [1.807, 2.05) is 29.3 Å². The normalized spacial score (nSPS) is 24.0. The molecule has 0 bridgehead atoms. The summed E-state index contributed by atoms with van der Waals surface area (Å²) in [7, 11) is 0. The lowest BCUT2D eigenvalue weighted by Crippen LogP contribution is -2.59. The fraction of sp³-hybridized carbons (Fsp3) is 0.647. The Morgan fingerprint density at radius 2 is 2.00 bits per heavy atom. The SMILES string of the molecule is CC1(C)CCCNC1C(=O)N1CCN(c2ccccn2)CC1.Cl. The summed E-state index contributed by atoms with van der Waals surface area (Å²) in [6.45, 7) is 8.63. The van der Waals surface area contributed by atoms with Gasteiger partial charge in [0.25, 0.3) is 0 Å². The van der Waals surface area contributed by atoms with E-state index in [0.29, 0.717) is 0 Å². The van der Waals surface area contributed by atoms with Gasteiger partial charge < -0.3 is 15.1 Å². The molecular weight excluding hydrogens is 312 g/mol. The number of hydrogen-bond donors (Lipinski definition) is 1.